The van der Waals surface area contributed by atoms with Crippen LogP contribution in [-0.2, 0) is 4.79 Å². The van der Waals surface area contributed by atoms with Crippen LogP contribution in [0.1, 0.15) is 19.4 Å². The molecule has 1 rings (SSSR count). The highest BCUT2D eigenvalue weighted by Gasteiger charge is 2.11. The van der Waals surface area contributed by atoms with E-state index in [1.54, 1.807) is 13.8 Å². The number of hydrogen-bond acceptors (Lipinski definition) is 2. The lowest BCUT2D eigenvalue weighted by Crippen LogP contribution is -2.07. The topological polar surface area (TPSA) is 46.5 Å². The molecule has 0 atom stereocenters. The summed E-state index contributed by atoms with van der Waals surface area (Å²) < 4.78 is 18.7. The molecule has 1 aromatic rings. The van der Waals surface area contributed by atoms with Crippen molar-refractivity contribution in [1.82, 2.24) is 0 Å². The van der Waals surface area contributed by atoms with E-state index in [2.05, 4.69) is 6.58 Å². The van der Waals surface area contributed by atoms with E-state index in [-0.39, 0.29) is 23.0 Å². The maximum atomic E-state index is 13.5. The molecule has 0 unspecified atom stereocenters. The molecule has 0 aliphatic carbocycles. The van der Waals surface area contributed by atoms with E-state index in [1.807, 2.05) is 0 Å². The molecule has 0 amide bonds. The summed E-state index contributed by atoms with van der Waals surface area (Å²) in [5.74, 6) is -1.65. The van der Waals surface area contributed by atoms with E-state index in [0.717, 1.165) is 6.07 Å². The van der Waals surface area contributed by atoms with E-state index in [0.29, 0.717) is 0 Å². The van der Waals surface area contributed by atoms with Crippen LogP contribution in [0.4, 0.5) is 4.39 Å². The smallest absolute Gasteiger partial charge is 0.335 e. The summed E-state index contributed by atoms with van der Waals surface area (Å²) in [6.07, 6.45) is -0.136. The van der Waals surface area contributed by atoms with Gasteiger partial charge in [-0.25, -0.2) is 9.18 Å². The number of rotatable bonds is 4. The number of carbonyl (C=O) groups is 1. The minimum Gasteiger partial charge on any atom is -0.488 e. The number of carboxylic acid groups (broad SMARTS) is 1. The first-order valence-electron chi connectivity index (χ1n) is 4.80. The van der Waals surface area contributed by atoms with Crippen LogP contribution in [0.25, 0.3) is 5.57 Å². The summed E-state index contributed by atoms with van der Waals surface area (Å²) >= 11 is 0. The molecule has 86 valence electrons. The van der Waals surface area contributed by atoms with Crippen LogP contribution in [0.5, 0.6) is 5.75 Å². The first-order valence-corrected chi connectivity index (χ1v) is 4.80. The Kier molecular flexibility index (Phi) is 3.66. The molecule has 0 saturated carbocycles. The second kappa shape index (κ2) is 4.79. The summed E-state index contributed by atoms with van der Waals surface area (Å²) in [6.45, 7) is 6.91. The molecule has 0 saturated heterocycles. The van der Waals surface area contributed by atoms with Crippen molar-refractivity contribution in [2.24, 2.45) is 0 Å². The van der Waals surface area contributed by atoms with Crippen LogP contribution in [0.3, 0.4) is 0 Å². The zero-order chi connectivity index (χ0) is 12.3. The average molecular weight is 224 g/mol. The summed E-state index contributed by atoms with van der Waals surface area (Å²) in [5.41, 5.74) is 0.0936. The minimum atomic E-state index is -1.17. The lowest BCUT2D eigenvalue weighted by molar-refractivity contribution is -0.130. The van der Waals surface area contributed by atoms with E-state index in [1.165, 1.54) is 12.1 Å². The summed E-state index contributed by atoms with van der Waals surface area (Å²) in [4.78, 5) is 10.6. The molecule has 16 heavy (non-hydrogen) atoms. The van der Waals surface area contributed by atoms with Gasteiger partial charge < -0.3 is 9.84 Å². The van der Waals surface area contributed by atoms with Crippen molar-refractivity contribution in [3.8, 4) is 5.75 Å². The van der Waals surface area contributed by atoms with Crippen LogP contribution in [-0.4, -0.2) is 17.2 Å². The van der Waals surface area contributed by atoms with Gasteiger partial charge in [0.25, 0.3) is 0 Å². The normalized spacial score (nSPS) is 10.2. The van der Waals surface area contributed by atoms with Crippen molar-refractivity contribution < 1.29 is 19.0 Å². The molecule has 0 fully saturated rings. The Morgan fingerprint density at radius 2 is 2.12 bits per heavy atom. The van der Waals surface area contributed by atoms with Gasteiger partial charge in [0.15, 0.2) is 11.6 Å². The highest BCUT2D eigenvalue weighted by Crippen LogP contribution is 2.23. The lowest BCUT2D eigenvalue weighted by atomic mass is 10.1. The van der Waals surface area contributed by atoms with E-state index in [4.69, 9.17) is 9.84 Å². The first-order chi connectivity index (χ1) is 7.41. The fraction of sp³-hybridized carbons (Fsp3) is 0.250. The zero-order valence-corrected chi connectivity index (χ0v) is 9.16. The minimum absolute atomic E-state index is 0.108. The third kappa shape index (κ3) is 2.82. The summed E-state index contributed by atoms with van der Waals surface area (Å²) in [5, 5.41) is 8.69. The standard InChI is InChI=1S/C12H13FO3/c1-7(2)16-11-5-4-9(6-10(11)13)8(3)12(14)15/h4-7H,3H2,1-2H3,(H,14,15). The second-order valence-corrected chi connectivity index (χ2v) is 3.60. The van der Waals surface area contributed by atoms with Gasteiger partial charge in [-0.3, -0.25) is 0 Å². The average Bonchev–Trinajstić information content (AvgIpc) is 2.19. The Bertz CT molecular complexity index is 424. The molecule has 0 bridgehead atoms. The van der Waals surface area contributed by atoms with E-state index in [9.17, 15) is 9.18 Å². The second-order valence-electron chi connectivity index (χ2n) is 3.60. The van der Waals surface area contributed by atoms with Crippen LogP contribution < -0.4 is 4.74 Å². The molecule has 4 heteroatoms. The van der Waals surface area contributed by atoms with E-state index < -0.39 is 11.8 Å². The van der Waals surface area contributed by atoms with Crippen molar-refractivity contribution in [3.05, 3.63) is 36.2 Å². The van der Waals surface area contributed by atoms with Gasteiger partial charge in [-0.1, -0.05) is 12.6 Å². The summed E-state index contributed by atoms with van der Waals surface area (Å²) in [6, 6.07) is 3.98. The molecule has 1 N–H and O–H groups in total. The van der Waals surface area contributed by atoms with Gasteiger partial charge in [-0.15, -0.1) is 0 Å². The largest absolute Gasteiger partial charge is 0.488 e. The van der Waals surface area contributed by atoms with Crippen LogP contribution in [0, 0.1) is 5.82 Å². The molecular formula is C12H13FO3. The van der Waals surface area contributed by atoms with Crippen LogP contribution in [0.2, 0.25) is 0 Å². The highest BCUT2D eigenvalue weighted by atomic mass is 19.1. The van der Waals surface area contributed by atoms with Gasteiger partial charge in [0.1, 0.15) is 0 Å². The van der Waals surface area contributed by atoms with Crippen molar-refractivity contribution in [1.29, 1.82) is 0 Å². The number of hydrogen-bond donors (Lipinski definition) is 1. The van der Waals surface area contributed by atoms with Gasteiger partial charge in [0.05, 0.1) is 11.7 Å². The van der Waals surface area contributed by atoms with Gasteiger partial charge in [0, 0.05) is 0 Å². The Hall–Kier alpha value is -1.84. The Balaban J connectivity index is 2.99. The molecule has 1 aromatic carbocycles. The van der Waals surface area contributed by atoms with Crippen LogP contribution >= 0.6 is 0 Å². The molecule has 0 aromatic heterocycles. The molecule has 0 aliphatic rings. The van der Waals surface area contributed by atoms with E-state index >= 15 is 0 Å². The lowest BCUT2D eigenvalue weighted by Gasteiger charge is -2.11. The van der Waals surface area contributed by atoms with Crippen LogP contribution in [0.15, 0.2) is 24.8 Å². The van der Waals surface area contributed by atoms with Crippen molar-refractivity contribution in [2.45, 2.75) is 20.0 Å². The van der Waals surface area contributed by atoms with Crippen molar-refractivity contribution >= 4 is 11.5 Å². The first kappa shape index (κ1) is 12.2. The predicted octanol–water partition coefficient (Wildman–Crippen LogP) is 2.71. The third-order valence-electron chi connectivity index (χ3n) is 1.90. The molecule has 0 aliphatic heterocycles. The molecule has 0 heterocycles. The number of halogens is 1. The number of benzene rings is 1. The molecule has 3 nitrogen and oxygen atoms in total. The monoisotopic (exact) mass is 224 g/mol. The van der Waals surface area contributed by atoms with Gasteiger partial charge in [-0.2, -0.15) is 0 Å². The molecule has 0 radical (unpaired) electrons. The summed E-state index contributed by atoms with van der Waals surface area (Å²) in [7, 11) is 0. The predicted molar refractivity (Wildman–Crippen MR) is 58.8 cm³/mol. The van der Waals surface area contributed by atoms with Crippen molar-refractivity contribution in [2.75, 3.05) is 0 Å². The van der Waals surface area contributed by atoms with Gasteiger partial charge in [-0.05, 0) is 31.5 Å². The fourth-order valence-electron chi connectivity index (χ4n) is 1.16. The van der Waals surface area contributed by atoms with Gasteiger partial charge >= 0.3 is 5.97 Å². The van der Waals surface area contributed by atoms with Gasteiger partial charge in [0.2, 0.25) is 0 Å². The Morgan fingerprint density at radius 1 is 1.50 bits per heavy atom. The highest BCUT2D eigenvalue weighted by molar-refractivity contribution is 6.14. The third-order valence-corrected chi connectivity index (χ3v) is 1.90. The Morgan fingerprint density at radius 3 is 2.56 bits per heavy atom. The number of carboxylic acids is 1. The number of ether oxygens (including phenoxy) is 1. The molecular weight excluding hydrogens is 211 g/mol. The Labute approximate surface area is 93.2 Å². The van der Waals surface area contributed by atoms with Crippen molar-refractivity contribution in [3.63, 3.8) is 0 Å². The number of aliphatic carboxylic acids is 1. The SMILES string of the molecule is C=C(C(=O)O)c1ccc(OC(C)C)c(F)c1. The molecule has 0 spiro atoms. The maximum absolute atomic E-state index is 13.5. The zero-order valence-electron chi connectivity index (χ0n) is 9.16. The fourth-order valence-corrected chi connectivity index (χ4v) is 1.16. The quantitative estimate of drug-likeness (QED) is 0.800. The maximum Gasteiger partial charge on any atom is 0.335 e.